The molecule has 0 aliphatic heterocycles. The molecule has 0 fully saturated rings. The van der Waals surface area contributed by atoms with Crippen molar-refractivity contribution in [3.63, 3.8) is 0 Å². The average Bonchev–Trinajstić information content (AvgIpc) is 3.08. The van der Waals surface area contributed by atoms with Crippen LogP contribution in [0.2, 0.25) is 0 Å². The second-order valence-corrected chi connectivity index (χ2v) is 15.0. The molecule has 0 saturated carbocycles. The van der Waals surface area contributed by atoms with Crippen LogP contribution in [0.15, 0.2) is 69.3 Å². The molecule has 0 bridgehead atoms. The lowest BCUT2D eigenvalue weighted by molar-refractivity contribution is -0.382. The van der Waals surface area contributed by atoms with Crippen LogP contribution >= 0.6 is 10.3 Å². The van der Waals surface area contributed by atoms with Crippen LogP contribution in [0, 0.1) is 0 Å². The second-order valence-electron chi connectivity index (χ2n) is 10.7. The summed E-state index contributed by atoms with van der Waals surface area (Å²) < 4.78 is 198. The van der Waals surface area contributed by atoms with Crippen molar-refractivity contribution in [2.75, 3.05) is 39.6 Å². The van der Waals surface area contributed by atoms with Crippen LogP contribution in [-0.2, 0) is 13.7 Å². The molecule has 0 saturated heterocycles. The van der Waals surface area contributed by atoms with Crippen molar-refractivity contribution in [2.45, 2.75) is 79.5 Å². The Morgan fingerprint density at radius 2 is 0.833 bits per heavy atom. The Bertz CT molecular complexity index is 1700. The second kappa shape index (κ2) is 17.3. The van der Waals surface area contributed by atoms with E-state index >= 15 is 17.6 Å². The van der Waals surface area contributed by atoms with E-state index in [1.807, 2.05) is 0 Å². The van der Waals surface area contributed by atoms with E-state index in [1.165, 1.54) is 70.2 Å². The van der Waals surface area contributed by atoms with Gasteiger partial charge in [0.2, 0.25) is 0 Å². The summed E-state index contributed by atoms with van der Waals surface area (Å²) in [5.41, 5.74) is 0. The van der Waals surface area contributed by atoms with E-state index in [-0.39, 0.29) is 51.1 Å². The highest BCUT2D eigenvalue weighted by atomic mass is 32.3. The summed E-state index contributed by atoms with van der Waals surface area (Å²) in [5, 5.41) is -7.27. The summed E-state index contributed by atoms with van der Waals surface area (Å²) in [6, 6.07) is 10.9. The number of hydrogen-bond acceptors (Lipinski definition) is 9. The smallest absolute Gasteiger partial charge is 0.460 e. The Hall–Kier alpha value is -3.91. The lowest BCUT2D eigenvalue weighted by atomic mass is 10.1. The van der Waals surface area contributed by atoms with Crippen molar-refractivity contribution in [1.29, 1.82) is 0 Å². The minimum Gasteiger partial charge on any atom is -0.494 e. The number of benzene rings is 3. The van der Waals surface area contributed by atoms with Crippen LogP contribution < -0.4 is 28.4 Å². The zero-order chi connectivity index (χ0) is 40.8. The predicted molar refractivity (Wildman–Crippen MR) is 180 cm³/mol. The van der Waals surface area contributed by atoms with Gasteiger partial charge in [-0.05, 0) is 64.0 Å². The van der Waals surface area contributed by atoms with Gasteiger partial charge < -0.3 is 28.4 Å². The lowest BCUT2D eigenvalue weighted by Gasteiger charge is -2.43. The van der Waals surface area contributed by atoms with Gasteiger partial charge in [-0.2, -0.15) is 47.9 Å². The first kappa shape index (κ1) is 44.5. The summed E-state index contributed by atoms with van der Waals surface area (Å²) in [5.74, 6) is -16.8. The normalized spacial score (nSPS) is 13.3. The molecule has 54 heavy (non-hydrogen) atoms. The molecule has 20 heteroatoms. The molecule has 0 aromatic heterocycles. The monoisotopic (exact) mass is 826 g/mol. The summed E-state index contributed by atoms with van der Waals surface area (Å²) in [6.45, 7) is 8.28. The molecule has 9 nitrogen and oxygen atoms in total. The zero-order valence-electron chi connectivity index (χ0n) is 29.8. The molecule has 3 aromatic rings. The Balaban J connectivity index is 2.80. The highest BCUT2D eigenvalue weighted by molar-refractivity contribution is 8.33. The van der Waals surface area contributed by atoms with E-state index in [0.717, 1.165) is 12.1 Å². The molecule has 304 valence electrons. The van der Waals surface area contributed by atoms with Gasteiger partial charge in [-0.1, -0.05) is 18.2 Å². The zero-order valence-corrected chi connectivity index (χ0v) is 31.5. The van der Waals surface area contributed by atoms with Gasteiger partial charge in [0, 0.05) is 29.2 Å². The maximum atomic E-state index is 15.8. The van der Waals surface area contributed by atoms with Gasteiger partial charge >= 0.3 is 33.4 Å². The van der Waals surface area contributed by atoms with Crippen LogP contribution in [0.4, 0.5) is 39.5 Å². The number of ether oxygens (including phenoxy) is 6. The first-order chi connectivity index (χ1) is 25.2. The molecule has 0 atom stereocenters. The molecular weight excluding hydrogens is 787 g/mol. The van der Waals surface area contributed by atoms with Crippen LogP contribution in [0.3, 0.4) is 0 Å². The SMILES string of the molecule is CCOc1cc(OCC)c(S(OS(=O)(=O)C(F)(F)C(F)(F)C(F)(F)C(F)(F)F)(c2ccccc2)c2c(OCC)cc(OCC)cc2OCC)c(OCC)c1. The maximum absolute atomic E-state index is 15.8. The molecule has 0 N–H and O–H groups in total. The topological polar surface area (TPSA) is 98.8 Å². The van der Waals surface area contributed by atoms with E-state index in [4.69, 9.17) is 32.1 Å². The van der Waals surface area contributed by atoms with E-state index in [0.29, 0.717) is 0 Å². The summed E-state index contributed by atoms with van der Waals surface area (Å²) >= 11 is 0. The minimum atomic E-state index is -7.64. The molecule has 0 heterocycles. The van der Waals surface area contributed by atoms with Crippen molar-refractivity contribution < 1.29 is 80.0 Å². The molecular formula is C34H39F9O9S2. The highest BCUT2D eigenvalue weighted by Gasteiger charge is 2.86. The highest BCUT2D eigenvalue weighted by Crippen LogP contribution is 2.79. The molecule has 3 aromatic carbocycles. The number of alkyl halides is 9. The van der Waals surface area contributed by atoms with Gasteiger partial charge in [0.25, 0.3) is 0 Å². The van der Waals surface area contributed by atoms with Crippen molar-refractivity contribution in [2.24, 2.45) is 0 Å². The maximum Gasteiger partial charge on any atom is 0.460 e. The van der Waals surface area contributed by atoms with Gasteiger partial charge in [-0.3, -0.25) is 0 Å². The Labute approximate surface area is 308 Å². The predicted octanol–water partition coefficient (Wildman–Crippen LogP) is 10.0. The fourth-order valence-electron chi connectivity index (χ4n) is 4.97. The third-order valence-corrected chi connectivity index (χ3v) is 12.4. The Kier molecular flexibility index (Phi) is 14.2. The summed E-state index contributed by atoms with van der Waals surface area (Å²) in [4.78, 5) is -1.60. The van der Waals surface area contributed by atoms with Crippen LogP contribution in [0.5, 0.6) is 34.5 Å². The molecule has 0 unspecified atom stereocenters. The first-order valence-corrected chi connectivity index (χ1v) is 19.3. The van der Waals surface area contributed by atoms with Crippen LogP contribution in [-0.4, -0.2) is 71.3 Å². The summed E-state index contributed by atoms with van der Waals surface area (Å²) in [6.07, 6.45) is -7.34. The number of hydrogen-bond donors (Lipinski definition) is 0. The lowest BCUT2D eigenvalue weighted by Crippen LogP contribution is -2.63. The molecule has 3 rings (SSSR count). The van der Waals surface area contributed by atoms with Crippen LogP contribution in [0.1, 0.15) is 41.5 Å². The van der Waals surface area contributed by atoms with Gasteiger partial charge in [-0.25, -0.2) is 3.63 Å². The van der Waals surface area contributed by atoms with E-state index in [2.05, 4.69) is 0 Å². The average molecular weight is 827 g/mol. The van der Waals surface area contributed by atoms with E-state index in [9.17, 15) is 30.4 Å². The van der Waals surface area contributed by atoms with E-state index < -0.39 is 81.4 Å². The third kappa shape index (κ3) is 8.19. The fourth-order valence-corrected chi connectivity index (χ4v) is 10.5. The number of halogens is 9. The molecule has 0 amide bonds. The molecule has 0 aliphatic rings. The van der Waals surface area contributed by atoms with Crippen molar-refractivity contribution in [1.82, 2.24) is 0 Å². The standard InChI is InChI=1S/C34H39F9O9S2/c1-7-46-22-18-25(48-9-3)29(26(19-22)49-10-4)53(24-16-14-13-15-17-24,30-27(50-11-5)20-23(47-8-2)21-28(30)51-12-6)52-54(44,45)34(42,43)32(37,38)31(35,36)33(39,40)41/h13-21H,7-12H2,1-6H3. The Morgan fingerprint density at radius 3 is 1.13 bits per heavy atom. The van der Waals surface area contributed by atoms with Crippen molar-refractivity contribution in [3.8, 4) is 34.5 Å². The van der Waals surface area contributed by atoms with Gasteiger partial charge in [0.1, 0.15) is 44.3 Å². The van der Waals surface area contributed by atoms with Crippen molar-refractivity contribution in [3.05, 3.63) is 54.6 Å². The van der Waals surface area contributed by atoms with Gasteiger partial charge in [-0.15, -0.1) is 0 Å². The Morgan fingerprint density at radius 1 is 0.500 bits per heavy atom. The van der Waals surface area contributed by atoms with Crippen molar-refractivity contribution >= 4 is 20.4 Å². The van der Waals surface area contributed by atoms with Crippen LogP contribution in [0.25, 0.3) is 0 Å². The number of rotatable bonds is 20. The molecule has 0 spiro atoms. The largest absolute Gasteiger partial charge is 0.494 e. The third-order valence-electron chi connectivity index (χ3n) is 7.08. The quantitative estimate of drug-likeness (QED) is 0.103. The fraction of sp³-hybridized carbons (Fsp3) is 0.471. The van der Waals surface area contributed by atoms with E-state index in [1.54, 1.807) is 13.8 Å². The minimum absolute atomic E-state index is 0.0146. The summed E-state index contributed by atoms with van der Waals surface area (Å²) in [7, 11) is -12.5. The van der Waals surface area contributed by atoms with Gasteiger partial charge in [0.15, 0.2) is 0 Å². The molecule has 0 radical (unpaired) electrons. The van der Waals surface area contributed by atoms with Gasteiger partial charge in [0.05, 0.1) is 39.6 Å². The molecule has 0 aliphatic carbocycles. The first-order valence-electron chi connectivity index (χ1n) is 16.4.